The van der Waals surface area contributed by atoms with Crippen LogP contribution in [0.25, 0.3) is 0 Å². The zero-order chi connectivity index (χ0) is 26.1. The van der Waals surface area contributed by atoms with Gasteiger partial charge in [-0.05, 0) is 0 Å². The molecule has 0 N–H and O–H groups in total. The highest BCUT2D eigenvalue weighted by Gasteiger charge is 2.83. The Morgan fingerprint density at radius 3 is 0.581 bits per heavy atom. The highest BCUT2D eigenvalue weighted by Crippen LogP contribution is 2.52. The smallest absolute Gasteiger partial charge is 0.220 e. The third kappa shape index (κ3) is 4.13. The Labute approximate surface area is 159 Å². The number of halogens is 15. The van der Waals surface area contributed by atoms with Gasteiger partial charge in [0.15, 0.2) is 0 Å². The van der Waals surface area contributed by atoms with E-state index < -0.39 is 67.7 Å². The molecule has 0 aromatic rings. The molecule has 0 amide bonds. The van der Waals surface area contributed by atoms with Crippen LogP contribution in [0.15, 0.2) is 0 Å². The minimum atomic E-state index is -9.15. The van der Waals surface area contributed by atoms with Crippen LogP contribution in [0.5, 0.6) is 0 Å². The summed E-state index contributed by atoms with van der Waals surface area (Å²) in [4.78, 5) is 0. The first-order valence-electron chi connectivity index (χ1n) is 5.90. The highest BCUT2D eigenvalue weighted by atomic mass is 32.3. The van der Waals surface area contributed by atoms with Crippen LogP contribution in [0.4, 0.5) is 65.9 Å². The van der Waals surface area contributed by atoms with Crippen molar-refractivity contribution in [3.05, 3.63) is 0 Å². The molecule has 0 bridgehead atoms. The number of alkyl halides is 15. The van der Waals surface area contributed by atoms with Crippen LogP contribution in [0, 0.1) is 0 Å². The Hall–Kier alpha value is -1.20. The quantitative estimate of drug-likeness (QED) is 0.462. The lowest BCUT2D eigenvalue weighted by Crippen LogP contribution is -2.62. The maximum absolute atomic E-state index is 13.1. The summed E-state index contributed by atoms with van der Waals surface area (Å²) in [6.45, 7) is 0. The van der Waals surface area contributed by atoms with Gasteiger partial charge in [-0.15, -0.1) is 0 Å². The fourth-order valence-corrected chi connectivity index (χ4v) is 9.22. The van der Waals surface area contributed by atoms with Gasteiger partial charge in [-0.25, -0.2) is 25.3 Å². The Bertz CT molecular complexity index is 877. The van der Waals surface area contributed by atoms with Gasteiger partial charge in [0.05, 0.1) is 0 Å². The molecule has 24 heteroatoms. The predicted octanol–water partition coefficient (Wildman–Crippen LogP) is 2.98. The first-order chi connectivity index (χ1) is 12.9. The standard InChI is InChI=1S/C7HF15O6S3/c8-2(9,10)5(17,18)29(23,24)1(30(25,26)6(19,20)3(11,12)13)31(27,28)7(21,22)4(14,15)16/h1H. The van der Waals surface area contributed by atoms with E-state index in [-0.39, 0.29) is 0 Å². The van der Waals surface area contributed by atoms with Gasteiger partial charge < -0.3 is 0 Å². The summed E-state index contributed by atoms with van der Waals surface area (Å²) in [7, 11) is -27.5. The molecule has 0 atom stereocenters. The molecule has 0 spiro atoms. The van der Waals surface area contributed by atoms with Gasteiger partial charge in [0.1, 0.15) is 0 Å². The van der Waals surface area contributed by atoms with Crippen LogP contribution in [-0.4, -0.2) is 63.5 Å². The Balaban J connectivity index is 7.83. The van der Waals surface area contributed by atoms with Crippen molar-refractivity contribution < 1.29 is 91.1 Å². The first kappa shape index (κ1) is 29.8. The van der Waals surface area contributed by atoms with Crippen molar-refractivity contribution in [2.24, 2.45) is 0 Å². The molecule has 0 fully saturated rings. The largest absolute Gasteiger partial charge is 0.469 e. The maximum atomic E-state index is 13.1. The lowest BCUT2D eigenvalue weighted by Gasteiger charge is -2.30. The van der Waals surface area contributed by atoms with E-state index >= 15 is 0 Å². The van der Waals surface area contributed by atoms with Crippen molar-refractivity contribution in [2.75, 3.05) is 0 Å². The molecule has 188 valence electrons. The maximum Gasteiger partial charge on any atom is 0.469 e. The topological polar surface area (TPSA) is 102 Å². The average Bonchev–Trinajstić information content (AvgIpc) is 2.41. The van der Waals surface area contributed by atoms with E-state index in [1.54, 1.807) is 0 Å². The van der Waals surface area contributed by atoms with Gasteiger partial charge in [-0.1, -0.05) is 0 Å². The molecule has 31 heavy (non-hydrogen) atoms. The molecule has 0 radical (unpaired) electrons. The van der Waals surface area contributed by atoms with Crippen LogP contribution in [-0.2, 0) is 29.5 Å². The molecule has 0 rings (SSSR count). The molecule has 0 aliphatic heterocycles. The van der Waals surface area contributed by atoms with E-state index in [1.807, 2.05) is 0 Å². The zero-order valence-corrected chi connectivity index (χ0v) is 15.4. The summed E-state index contributed by atoms with van der Waals surface area (Å²) in [5.74, 6) is 0. The van der Waals surface area contributed by atoms with Crippen molar-refractivity contribution in [2.45, 2.75) is 38.2 Å². The van der Waals surface area contributed by atoms with Gasteiger partial charge in [-0.2, -0.15) is 65.9 Å². The van der Waals surface area contributed by atoms with Gasteiger partial charge in [0.2, 0.25) is 0 Å². The van der Waals surface area contributed by atoms with Crippen molar-refractivity contribution in [3.63, 3.8) is 0 Å². The number of rotatable bonds is 6. The third-order valence-electron chi connectivity index (χ3n) is 2.82. The minimum absolute atomic E-state index is 6.99. The fraction of sp³-hybridized carbons (Fsp3) is 1.00. The second-order valence-corrected chi connectivity index (χ2v) is 12.1. The third-order valence-corrected chi connectivity index (χ3v) is 11.7. The molecule has 0 heterocycles. The van der Waals surface area contributed by atoms with Gasteiger partial charge >= 0.3 is 34.3 Å². The van der Waals surface area contributed by atoms with Crippen molar-refractivity contribution in [3.8, 4) is 0 Å². The second kappa shape index (κ2) is 7.15. The predicted molar refractivity (Wildman–Crippen MR) is 63.6 cm³/mol. The second-order valence-electron chi connectivity index (χ2n) is 4.97. The van der Waals surface area contributed by atoms with Crippen LogP contribution < -0.4 is 0 Å². The zero-order valence-electron chi connectivity index (χ0n) is 12.9. The van der Waals surface area contributed by atoms with Crippen LogP contribution >= 0.6 is 0 Å². The Kier molecular flexibility index (Phi) is 6.87. The number of hydrogen-bond acceptors (Lipinski definition) is 6. The molecule has 0 aliphatic rings. The molecule has 0 aromatic heterocycles. The summed E-state index contributed by atoms with van der Waals surface area (Å²) >= 11 is 0. The Morgan fingerprint density at radius 1 is 0.355 bits per heavy atom. The lowest BCUT2D eigenvalue weighted by atomic mass is 10.7. The number of hydrogen-bond donors (Lipinski definition) is 0. The van der Waals surface area contributed by atoms with E-state index in [0.717, 1.165) is 0 Å². The molecule has 0 saturated heterocycles. The molecule has 0 aromatic carbocycles. The minimum Gasteiger partial charge on any atom is -0.220 e. The highest BCUT2D eigenvalue weighted by molar-refractivity contribution is 8.25. The van der Waals surface area contributed by atoms with E-state index in [2.05, 4.69) is 0 Å². The monoisotopic (exact) mass is 562 g/mol. The van der Waals surface area contributed by atoms with E-state index in [4.69, 9.17) is 0 Å². The molecular formula is C7HF15O6S3. The first-order valence-corrected chi connectivity index (χ1v) is 10.5. The van der Waals surface area contributed by atoms with Gasteiger partial charge in [-0.3, -0.25) is 0 Å². The molecule has 0 aliphatic carbocycles. The van der Waals surface area contributed by atoms with Gasteiger partial charge in [0, 0.05) is 0 Å². The van der Waals surface area contributed by atoms with Crippen molar-refractivity contribution >= 4 is 29.5 Å². The number of sulfone groups is 3. The normalized spacial score (nSPS) is 16.6. The molecular weight excluding hydrogens is 561 g/mol. The molecule has 0 unspecified atom stereocenters. The lowest BCUT2D eigenvalue weighted by molar-refractivity contribution is -0.243. The van der Waals surface area contributed by atoms with Crippen molar-refractivity contribution in [1.29, 1.82) is 0 Å². The summed E-state index contributed by atoms with van der Waals surface area (Å²) in [6.07, 6.45) is -23.4. The van der Waals surface area contributed by atoms with E-state index in [0.29, 0.717) is 0 Å². The van der Waals surface area contributed by atoms with E-state index in [1.165, 1.54) is 0 Å². The fourth-order valence-electron chi connectivity index (χ4n) is 1.35. The molecule has 0 saturated carbocycles. The van der Waals surface area contributed by atoms with Crippen LogP contribution in [0.2, 0.25) is 0 Å². The van der Waals surface area contributed by atoms with Gasteiger partial charge in [0.25, 0.3) is 33.4 Å². The summed E-state index contributed by atoms with van der Waals surface area (Å²) < 4.78 is 249. The Morgan fingerprint density at radius 2 is 0.484 bits per heavy atom. The van der Waals surface area contributed by atoms with Crippen LogP contribution in [0.3, 0.4) is 0 Å². The SMILES string of the molecule is O=S(=O)(C(S(=O)(=O)C(F)(F)C(F)(F)F)S(=O)(=O)C(F)(F)C(F)(F)F)C(F)(F)C(F)(F)F. The van der Waals surface area contributed by atoms with Crippen LogP contribution in [0.1, 0.15) is 0 Å². The summed E-state index contributed by atoms with van der Waals surface area (Å²) in [6, 6.07) is 0. The summed E-state index contributed by atoms with van der Waals surface area (Å²) in [5, 5.41) is -24.1. The summed E-state index contributed by atoms with van der Waals surface area (Å²) in [5.41, 5.74) is 0. The van der Waals surface area contributed by atoms with Crippen molar-refractivity contribution in [1.82, 2.24) is 0 Å². The molecule has 6 nitrogen and oxygen atoms in total. The average molecular weight is 562 g/mol. The van der Waals surface area contributed by atoms with E-state index in [9.17, 15) is 91.1 Å².